The van der Waals surface area contributed by atoms with E-state index in [1.165, 1.54) is 12.8 Å². The number of para-hydroxylation sites is 1. The average molecular weight is 540 g/mol. The molecular formula is C33H37N3O4. The van der Waals surface area contributed by atoms with Crippen molar-refractivity contribution in [3.63, 3.8) is 0 Å². The van der Waals surface area contributed by atoms with Crippen LogP contribution in [0.2, 0.25) is 0 Å². The van der Waals surface area contributed by atoms with E-state index in [9.17, 15) is 14.4 Å². The van der Waals surface area contributed by atoms with E-state index in [0.29, 0.717) is 17.9 Å². The van der Waals surface area contributed by atoms with E-state index in [-0.39, 0.29) is 30.0 Å². The molecule has 2 fully saturated rings. The second-order valence-corrected chi connectivity index (χ2v) is 10.5. The maximum atomic E-state index is 13.1. The van der Waals surface area contributed by atoms with Gasteiger partial charge in [-0.15, -0.1) is 0 Å². The highest BCUT2D eigenvalue weighted by molar-refractivity contribution is 6.00. The number of amides is 3. The van der Waals surface area contributed by atoms with Gasteiger partial charge in [0.1, 0.15) is 0 Å². The summed E-state index contributed by atoms with van der Waals surface area (Å²) in [6, 6.07) is 21.2. The summed E-state index contributed by atoms with van der Waals surface area (Å²) in [4.78, 5) is 38.3. The minimum Gasteiger partial charge on any atom is -0.478 e. The van der Waals surface area contributed by atoms with E-state index in [1.54, 1.807) is 24.3 Å². The first-order valence-electron chi connectivity index (χ1n) is 13.8. The number of hydrogen-bond donors (Lipinski definition) is 3. The predicted octanol–water partition coefficient (Wildman–Crippen LogP) is 7.00. The first-order chi connectivity index (χ1) is 19.3. The molecule has 0 radical (unpaired) electrons. The zero-order chi connectivity index (χ0) is 28.5. The normalized spacial score (nSPS) is 16.2. The van der Waals surface area contributed by atoms with Crippen LogP contribution in [0.3, 0.4) is 0 Å². The molecule has 3 aromatic rings. The Morgan fingerprint density at radius 3 is 2.27 bits per heavy atom. The van der Waals surface area contributed by atoms with Crippen LogP contribution in [0, 0.1) is 12.8 Å². The molecule has 1 aliphatic carbocycles. The van der Waals surface area contributed by atoms with E-state index >= 15 is 0 Å². The lowest BCUT2D eigenvalue weighted by molar-refractivity contribution is -0.130. The summed E-state index contributed by atoms with van der Waals surface area (Å²) < 4.78 is 0. The summed E-state index contributed by atoms with van der Waals surface area (Å²) in [6.45, 7) is 4.90. The molecule has 40 heavy (non-hydrogen) atoms. The third kappa shape index (κ3) is 8.56. The third-order valence-corrected chi connectivity index (χ3v) is 7.08. The van der Waals surface area contributed by atoms with Crippen LogP contribution in [0.15, 0.2) is 78.9 Å². The summed E-state index contributed by atoms with van der Waals surface area (Å²) >= 11 is 0. The zero-order valence-electron chi connectivity index (χ0n) is 23.1. The van der Waals surface area contributed by atoms with Gasteiger partial charge in [0, 0.05) is 17.9 Å². The molecular weight excluding hydrogens is 502 g/mol. The van der Waals surface area contributed by atoms with Gasteiger partial charge in [-0.05, 0) is 72.7 Å². The molecule has 0 spiro atoms. The second kappa shape index (κ2) is 13.6. The smallest absolute Gasteiger partial charge is 0.335 e. The van der Waals surface area contributed by atoms with Gasteiger partial charge in [-0.3, -0.25) is 4.79 Å². The molecule has 0 aromatic heterocycles. The van der Waals surface area contributed by atoms with Crippen LogP contribution in [0.5, 0.6) is 0 Å². The van der Waals surface area contributed by atoms with Crippen molar-refractivity contribution in [1.82, 2.24) is 4.90 Å². The minimum absolute atomic E-state index is 0.0142. The Labute approximate surface area is 235 Å². The molecule has 3 amide bonds. The number of likely N-dealkylation sites (tertiary alicyclic amines) is 1. The molecule has 1 saturated carbocycles. The number of aryl methyl sites for hydroxylation is 1. The Morgan fingerprint density at radius 1 is 0.950 bits per heavy atom. The van der Waals surface area contributed by atoms with Gasteiger partial charge in [0.05, 0.1) is 18.0 Å². The maximum absolute atomic E-state index is 13.1. The Balaban J connectivity index is 0.000000848. The van der Waals surface area contributed by atoms with Gasteiger partial charge in [0.15, 0.2) is 0 Å². The zero-order valence-corrected chi connectivity index (χ0v) is 23.1. The highest BCUT2D eigenvalue weighted by Gasteiger charge is 2.26. The molecule has 1 heterocycles. The van der Waals surface area contributed by atoms with Gasteiger partial charge in [-0.25, -0.2) is 9.59 Å². The monoisotopic (exact) mass is 539 g/mol. The van der Waals surface area contributed by atoms with Crippen LogP contribution in [0.4, 0.5) is 16.2 Å². The molecule has 7 heteroatoms. The van der Waals surface area contributed by atoms with Crippen molar-refractivity contribution in [1.29, 1.82) is 0 Å². The van der Waals surface area contributed by atoms with E-state index in [2.05, 4.69) is 17.6 Å². The Hall–Kier alpha value is -4.39. The first kappa shape index (κ1) is 28.6. The lowest BCUT2D eigenvalue weighted by Gasteiger charge is -2.22. The number of carboxylic acids is 1. The number of carboxylic acid groups (broad SMARTS) is 1. The van der Waals surface area contributed by atoms with Gasteiger partial charge >= 0.3 is 12.0 Å². The molecule has 7 nitrogen and oxygen atoms in total. The van der Waals surface area contributed by atoms with Crippen LogP contribution >= 0.6 is 0 Å². The number of nitrogens with zero attached hydrogens (tertiary/aromatic N) is 1. The lowest BCUT2D eigenvalue weighted by Crippen LogP contribution is -2.35. The van der Waals surface area contributed by atoms with Crippen molar-refractivity contribution < 1.29 is 19.5 Å². The molecule has 208 valence electrons. The van der Waals surface area contributed by atoms with E-state index in [4.69, 9.17) is 5.11 Å². The Morgan fingerprint density at radius 2 is 1.65 bits per heavy atom. The summed E-state index contributed by atoms with van der Waals surface area (Å²) in [5, 5.41) is 14.7. The number of urea groups is 1. The van der Waals surface area contributed by atoms with E-state index in [1.807, 2.05) is 72.5 Å². The van der Waals surface area contributed by atoms with Gasteiger partial charge < -0.3 is 20.6 Å². The lowest BCUT2D eigenvalue weighted by atomic mass is 10.1. The van der Waals surface area contributed by atoms with Crippen molar-refractivity contribution >= 4 is 35.4 Å². The van der Waals surface area contributed by atoms with Crippen LogP contribution in [-0.4, -0.2) is 40.5 Å². The second-order valence-electron chi connectivity index (χ2n) is 10.5. The van der Waals surface area contributed by atoms with Gasteiger partial charge in [-0.1, -0.05) is 74.4 Å². The summed E-state index contributed by atoms with van der Waals surface area (Å²) in [6.07, 6.45) is 9.05. The van der Waals surface area contributed by atoms with Crippen molar-refractivity contribution in [2.24, 2.45) is 5.92 Å². The number of carbonyl (C=O) groups excluding carboxylic acids is 2. The van der Waals surface area contributed by atoms with Crippen LogP contribution < -0.4 is 10.6 Å². The predicted molar refractivity (Wildman–Crippen MR) is 160 cm³/mol. The van der Waals surface area contributed by atoms with Gasteiger partial charge in [0.25, 0.3) is 0 Å². The van der Waals surface area contributed by atoms with Crippen molar-refractivity contribution in [3.8, 4) is 0 Å². The molecule has 1 saturated heterocycles. The molecule has 5 rings (SSSR count). The average Bonchev–Trinajstić information content (AvgIpc) is 3.57. The molecule has 0 bridgehead atoms. The fourth-order valence-corrected chi connectivity index (χ4v) is 4.49. The van der Waals surface area contributed by atoms with Crippen molar-refractivity contribution in [2.75, 3.05) is 17.2 Å². The SMILES string of the molecule is CC1CC1.Cc1cc(CC(=O)N2CCCC2/C=C/c2ccc(C(=O)O)cc2)ccc1NC(=O)Nc1ccccc1. The Bertz CT molecular complexity index is 1350. The van der Waals surface area contributed by atoms with Gasteiger partial charge in [0.2, 0.25) is 5.91 Å². The fraction of sp³-hybridized carbons (Fsp3) is 0.303. The van der Waals surface area contributed by atoms with Crippen LogP contribution in [0.1, 0.15) is 59.7 Å². The molecule has 1 atom stereocenters. The highest BCUT2D eigenvalue weighted by Crippen LogP contribution is 2.26. The number of anilines is 2. The van der Waals surface area contributed by atoms with E-state index in [0.717, 1.165) is 35.4 Å². The number of rotatable bonds is 7. The number of carbonyl (C=O) groups is 3. The third-order valence-electron chi connectivity index (χ3n) is 7.08. The summed E-state index contributed by atoms with van der Waals surface area (Å²) in [7, 11) is 0. The Kier molecular flexibility index (Phi) is 9.73. The molecule has 3 N–H and O–H groups in total. The number of hydrogen-bond acceptors (Lipinski definition) is 3. The molecule has 1 aliphatic heterocycles. The fourth-order valence-electron chi connectivity index (χ4n) is 4.49. The first-order valence-corrected chi connectivity index (χ1v) is 13.8. The molecule has 2 aliphatic rings. The van der Waals surface area contributed by atoms with Crippen molar-refractivity contribution in [2.45, 2.75) is 52.0 Å². The minimum atomic E-state index is -0.951. The van der Waals surface area contributed by atoms with E-state index < -0.39 is 5.97 Å². The molecule has 1 unspecified atom stereocenters. The highest BCUT2D eigenvalue weighted by atomic mass is 16.4. The number of nitrogens with one attached hydrogen (secondary N) is 2. The standard InChI is InChI=1S/C29H29N3O4.C4H8/c1-20-18-22(12-16-26(20)31-29(36)30-24-6-3-2-4-7-24)19-27(33)32-17-5-8-25(32)15-11-21-9-13-23(14-10-21)28(34)35;1-4-2-3-4/h2-4,6-7,9-16,18,25H,5,8,17,19H2,1H3,(H,34,35)(H2,30,31,36);4H,2-3H2,1H3/b15-11+;. The van der Waals surface area contributed by atoms with Crippen LogP contribution in [0.25, 0.3) is 6.08 Å². The maximum Gasteiger partial charge on any atom is 0.335 e. The summed E-state index contributed by atoms with van der Waals surface area (Å²) in [5.41, 5.74) is 4.32. The van der Waals surface area contributed by atoms with Crippen LogP contribution in [-0.2, 0) is 11.2 Å². The summed E-state index contributed by atoms with van der Waals surface area (Å²) in [5.74, 6) is 0.193. The molecule has 3 aromatic carbocycles. The van der Waals surface area contributed by atoms with Gasteiger partial charge in [-0.2, -0.15) is 0 Å². The quantitative estimate of drug-likeness (QED) is 0.301. The number of aromatic carboxylic acids is 1. The largest absolute Gasteiger partial charge is 0.478 e. The van der Waals surface area contributed by atoms with Crippen molar-refractivity contribution in [3.05, 3.63) is 101 Å². The topological polar surface area (TPSA) is 98.7 Å². The number of benzene rings is 3.